The Morgan fingerprint density at radius 2 is 1.59 bits per heavy atom. The summed E-state index contributed by atoms with van der Waals surface area (Å²) in [5, 5.41) is 5.19. The lowest BCUT2D eigenvalue weighted by Gasteiger charge is -2.23. The molecule has 6 nitrogen and oxygen atoms in total. The molecule has 2 rings (SSSR count). The molecule has 4 N–H and O–H groups in total. The summed E-state index contributed by atoms with van der Waals surface area (Å²) in [6, 6.07) is 9.64. The lowest BCUT2D eigenvalue weighted by molar-refractivity contribution is -0.130. The van der Waals surface area contributed by atoms with Crippen molar-refractivity contribution < 1.29 is 18.8 Å². The third-order valence-electron chi connectivity index (χ3n) is 4.74. The first-order valence-corrected chi connectivity index (χ1v) is 9.33. The number of amides is 3. The minimum absolute atomic E-state index is 0.0814. The van der Waals surface area contributed by atoms with Gasteiger partial charge in [0.2, 0.25) is 17.7 Å². The van der Waals surface area contributed by atoms with E-state index >= 15 is 0 Å². The van der Waals surface area contributed by atoms with Crippen LogP contribution < -0.4 is 16.4 Å². The topological polar surface area (TPSA) is 101 Å². The minimum Gasteiger partial charge on any atom is -0.368 e. The number of hydrogen-bond donors (Lipinski definition) is 3. The average molecular weight is 399 g/mol. The molecule has 0 aromatic heterocycles. The van der Waals surface area contributed by atoms with Crippen LogP contribution >= 0.6 is 0 Å². The molecule has 0 unspecified atom stereocenters. The van der Waals surface area contributed by atoms with Gasteiger partial charge in [-0.15, -0.1) is 0 Å². The van der Waals surface area contributed by atoms with Crippen molar-refractivity contribution in [3.8, 4) is 0 Å². The molecule has 0 fully saturated rings. The Morgan fingerprint density at radius 3 is 2.14 bits per heavy atom. The number of nitrogens with one attached hydrogen (secondary N) is 2. The van der Waals surface area contributed by atoms with Gasteiger partial charge in [-0.1, -0.05) is 30.3 Å². The lowest BCUT2D eigenvalue weighted by atomic mass is 9.95. The molecule has 0 bridgehead atoms. The van der Waals surface area contributed by atoms with E-state index in [1.54, 1.807) is 6.07 Å². The van der Waals surface area contributed by atoms with Crippen LogP contribution in [0.5, 0.6) is 0 Å². The molecule has 0 aliphatic heterocycles. The van der Waals surface area contributed by atoms with Gasteiger partial charge in [-0.3, -0.25) is 14.4 Å². The van der Waals surface area contributed by atoms with E-state index in [1.807, 2.05) is 32.0 Å². The zero-order valence-corrected chi connectivity index (χ0v) is 16.8. The Labute approximate surface area is 169 Å². The van der Waals surface area contributed by atoms with Crippen LogP contribution in [0.1, 0.15) is 29.2 Å². The monoisotopic (exact) mass is 399 g/mol. The van der Waals surface area contributed by atoms with Crippen molar-refractivity contribution in [2.75, 3.05) is 0 Å². The summed E-state index contributed by atoms with van der Waals surface area (Å²) in [6.07, 6.45) is 0.324. The molecular formula is C22H26FN3O3. The maximum absolute atomic E-state index is 13.5. The number of carbonyl (C=O) groups excluding carboxylic acids is 3. The average Bonchev–Trinajstić information content (AvgIpc) is 2.62. The van der Waals surface area contributed by atoms with Gasteiger partial charge >= 0.3 is 0 Å². The lowest BCUT2D eigenvalue weighted by Crippen LogP contribution is -2.54. The molecule has 0 saturated carbocycles. The second-order valence-corrected chi connectivity index (χ2v) is 7.13. The first-order chi connectivity index (χ1) is 13.7. The Morgan fingerprint density at radius 1 is 0.966 bits per heavy atom. The van der Waals surface area contributed by atoms with Gasteiger partial charge in [0.1, 0.15) is 17.9 Å². The molecule has 2 aromatic carbocycles. The highest BCUT2D eigenvalue weighted by molar-refractivity contribution is 5.91. The largest absolute Gasteiger partial charge is 0.368 e. The molecule has 2 aromatic rings. The van der Waals surface area contributed by atoms with Gasteiger partial charge in [-0.2, -0.15) is 0 Å². The molecule has 2 atom stereocenters. The number of benzene rings is 2. The van der Waals surface area contributed by atoms with E-state index in [4.69, 9.17) is 5.73 Å². The summed E-state index contributed by atoms with van der Waals surface area (Å²) in [5.74, 6) is -2.07. The summed E-state index contributed by atoms with van der Waals surface area (Å²) in [5.41, 5.74) is 8.97. The van der Waals surface area contributed by atoms with Crippen LogP contribution in [0.3, 0.4) is 0 Å². The van der Waals surface area contributed by atoms with Crippen molar-refractivity contribution >= 4 is 17.7 Å². The van der Waals surface area contributed by atoms with Crippen molar-refractivity contribution in [3.05, 3.63) is 70.5 Å². The Kier molecular flexibility index (Phi) is 7.47. The van der Waals surface area contributed by atoms with Crippen LogP contribution in [-0.4, -0.2) is 29.8 Å². The van der Waals surface area contributed by atoms with Crippen molar-refractivity contribution in [1.82, 2.24) is 10.6 Å². The first-order valence-electron chi connectivity index (χ1n) is 9.33. The standard InChI is InChI=1S/C22H26FN3O3/c1-13-6-4-7-14(2)18(13)12-19(21(24)28)26-22(29)20(25-15(3)27)11-16-8-5-9-17(23)10-16/h4-10,19-20H,11-12H2,1-3H3,(H2,24,28)(H,25,27)(H,26,29)/t19-,20-/m1/s1. The summed E-state index contributed by atoms with van der Waals surface area (Å²) in [4.78, 5) is 36.4. The molecule has 0 radical (unpaired) electrons. The van der Waals surface area contributed by atoms with E-state index in [0.717, 1.165) is 16.7 Å². The van der Waals surface area contributed by atoms with Gasteiger partial charge in [0.05, 0.1) is 0 Å². The van der Waals surface area contributed by atoms with Crippen molar-refractivity contribution in [3.63, 3.8) is 0 Å². The van der Waals surface area contributed by atoms with Crippen molar-refractivity contribution in [2.24, 2.45) is 5.73 Å². The number of hydrogen-bond acceptors (Lipinski definition) is 3. The smallest absolute Gasteiger partial charge is 0.243 e. The summed E-state index contributed by atoms with van der Waals surface area (Å²) < 4.78 is 13.5. The van der Waals surface area contributed by atoms with Crippen molar-refractivity contribution in [2.45, 2.75) is 45.7 Å². The molecule has 0 aliphatic rings. The van der Waals surface area contributed by atoms with Crippen LogP contribution in [0.2, 0.25) is 0 Å². The third kappa shape index (κ3) is 6.41. The van der Waals surface area contributed by atoms with Crippen LogP contribution in [0.25, 0.3) is 0 Å². The number of primary amides is 1. The maximum atomic E-state index is 13.5. The van der Waals surface area contributed by atoms with E-state index in [2.05, 4.69) is 10.6 Å². The van der Waals surface area contributed by atoms with E-state index < -0.39 is 35.6 Å². The second kappa shape index (κ2) is 9.82. The minimum atomic E-state index is -0.964. The van der Waals surface area contributed by atoms with E-state index in [-0.39, 0.29) is 12.8 Å². The van der Waals surface area contributed by atoms with Gasteiger partial charge in [-0.05, 0) is 48.2 Å². The molecule has 0 saturated heterocycles. The third-order valence-corrected chi connectivity index (χ3v) is 4.74. The molecule has 0 heterocycles. The molecule has 154 valence electrons. The Balaban J connectivity index is 2.19. The van der Waals surface area contributed by atoms with Crippen molar-refractivity contribution in [1.29, 1.82) is 0 Å². The quantitative estimate of drug-likeness (QED) is 0.630. The molecule has 3 amide bonds. The van der Waals surface area contributed by atoms with E-state index in [0.29, 0.717) is 5.56 Å². The maximum Gasteiger partial charge on any atom is 0.243 e. The number of halogens is 1. The fourth-order valence-corrected chi connectivity index (χ4v) is 3.22. The zero-order chi connectivity index (χ0) is 21.6. The molecular weight excluding hydrogens is 373 g/mol. The zero-order valence-electron chi connectivity index (χ0n) is 16.8. The molecule has 0 aliphatic carbocycles. The van der Waals surface area contributed by atoms with Crippen LogP contribution in [-0.2, 0) is 27.2 Å². The van der Waals surface area contributed by atoms with E-state index in [1.165, 1.54) is 25.1 Å². The predicted octanol–water partition coefficient (Wildman–Crippen LogP) is 1.70. The van der Waals surface area contributed by atoms with Crippen LogP contribution in [0.15, 0.2) is 42.5 Å². The highest BCUT2D eigenvalue weighted by Gasteiger charge is 2.26. The van der Waals surface area contributed by atoms with Gasteiger partial charge in [0.15, 0.2) is 0 Å². The second-order valence-electron chi connectivity index (χ2n) is 7.13. The predicted molar refractivity (Wildman–Crippen MR) is 108 cm³/mol. The SMILES string of the molecule is CC(=O)N[C@H](Cc1cccc(F)c1)C(=O)N[C@H](Cc1c(C)cccc1C)C(N)=O. The highest BCUT2D eigenvalue weighted by atomic mass is 19.1. The van der Waals surface area contributed by atoms with Crippen LogP contribution in [0, 0.1) is 19.7 Å². The molecule has 29 heavy (non-hydrogen) atoms. The summed E-state index contributed by atoms with van der Waals surface area (Å²) >= 11 is 0. The number of aryl methyl sites for hydroxylation is 2. The number of rotatable bonds is 8. The van der Waals surface area contributed by atoms with Gasteiger partial charge in [0.25, 0.3) is 0 Å². The Hall–Kier alpha value is -3.22. The normalized spacial score (nSPS) is 12.7. The first kappa shape index (κ1) is 22.1. The highest BCUT2D eigenvalue weighted by Crippen LogP contribution is 2.16. The Bertz CT molecular complexity index is 894. The molecule has 0 spiro atoms. The summed E-state index contributed by atoms with van der Waals surface area (Å²) in [6.45, 7) is 5.13. The summed E-state index contributed by atoms with van der Waals surface area (Å²) in [7, 11) is 0. The van der Waals surface area contributed by atoms with Gasteiger partial charge in [-0.25, -0.2) is 4.39 Å². The number of nitrogens with two attached hydrogens (primary N) is 1. The van der Waals surface area contributed by atoms with Gasteiger partial charge in [0, 0.05) is 19.8 Å². The fraction of sp³-hybridized carbons (Fsp3) is 0.318. The fourth-order valence-electron chi connectivity index (χ4n) is 3.22. The van der Waals surface area contributed by atoms with Crippen LogP contribution in [0.4, 0.5) is 4.39 Å². The molecule has 7 heteroatoms. The number of carbonyl (C=O) groups is 3. The van der Waals surface area contributed by atoms with E-state index in [9.17, 15) is 18.8 Å². The van der Waals surface area contributed by atoms with Gasteiger partial charge < -0.3 is 16.4 Å².